The van der Waals surface area contributed by atoms with Crippen molar-refractivity contribution in [1.29, 1.82) is 0 Å². The summed E-state index contributed by atoms with van der Waals surface area (Å²) in [5, 5.41) is 0. The minimum absolute atomic E-state index is 1.25. The molecule has 0 saturated carbocycles. The molecule has 0 aromatic heterocycles. The summed E-state index contributed by atoms with van der Waals surface area (Å²) in [6.07, 6.45) is 2.50. The van der Waals surface area contributed by atoms with Crippen molar-refractivity contribution in [3.05, 3.63) is 0 Å². The largest absolute Gasteiger partial charge is 0.0683 e. The number of hydrogen-bond acceptors (Lipinski definition) is 0. The van der Waals surface area contributed by atoms with E-state index in [4.69, 9.17) is 0 Å². The van der Waals surface area contributed by atoms with Crippen LogP contribution in [0.2, 0.25) is 0 Å². The Morgan fingerprint density at radius 1 is 0.500 bits per heavy atom. The fraction of sp³-hybridized carbons (Fsp3) is 1.00. The van der Waals surface area contributed by atoms with Crippen molar-refractivity contribution in [2.24, 2.45) is 0 Å². The van der Waals surface area contributed by atoms with Crippen LogP contribution >= 0.6 is 0 Å². The minimum atomic E-state index is 1.25. The van der Waals surface area contributed by atoms with Crippen LogP contribution in [-0.2, 0) is 0 Å². The van der Waals surface area contributed by atoms with Crippen molar-refractivity contribution in [3.63, 3.8) is 0 Å². The van der Waals surface area contributed by atoms with Gasteiger partial charge < -0.3 is 0 Å². The van der Waals surface area contributed by atoms with Crippen LogP contribution in [0.25, 0.3) is 0 Å². The first-order valence-electron chi connectivity index (χ1n) is 4.83. The van der Waals surface area contributed by atoms with Gasteiger partial charge in [-0.15, -0.1) is 0 Å². The lowest BCUT2D eigenvalue weighted by Crippen LogP contribution is -1.27. The molecule has 0 bridgehead atoms. The van der Waals surface area contributed by atoms with Crippen molar-refractivity contribution in [1.82, 2.24) is 0 Å². The molecule has 0 heterocycles. The van der Waals surface area contributed by atoms with Gasteiger partial charge in [0.1, 0.15) is 0 Å². The maximum atomic E-state index is 2.12. The Kier molecular flexibility index (Phi) is 324. The maximum Gasteiger partial charge on any atom is -0.0590 e. The molecule has 0 N–H and O–H groups in total. The maximum absolute atomic E-state index is 2.12. The fourth-order valence-corrected chi connectivity index (χ4v) is 0. The van der Waals surface area contributed by atoms with E-state index in [-0.39, 0.29) is 0 Å². The van der Waals surface area contributed by atoms with Crippen LogP contribution in [0.15, 0.2) is 0 Å². The molecule has 0 aliphatic carbocycles. The van der Waals surface area contributed by atoms with E-state index >= 15 is 0 Å². The van der Waals surface area contributed by atoms with E-state index in [0.29, 0.717) is 0 Å². The van der Waals surface area contributed by atoms with E-state index in [2.05, 4.69) is 27.7 Å². The lowest BCUT2D eigenvalue weighted by atomic mass is 10.6. The molecule has 0 amide bonds. The van der Waals surface area contributed by atoms with E-state index in [1.807, 2.05) is 27.7 Å². The molecular weight excluding hydrogens is 120 g/mol. The third-order valence-electron chi connectivity index (χ3n) is 0. The van der Waals surface area contributed by atoms with Crippen LogP contribution in [-0.4, -0.2) is 0 Å². The summed E-state index contributed by atoms with van der Waals surface area (Å²) in [5.74, 6) is 0. The Labute approximate surface area is 69.0 Å². The van der Waals surface area contributed by atoms with Gasteiger partial charge in [-0.25, -0.2) is 0 Å². The van der Waals surface area contributed by atoms with Crippen molar-refractivity contribution >= 4 is 0 Å². The summed E-state index contributed by atoms with van der Waals surface area (Å²) in [4.78, 5) is 0. The molecule has 0 radical (unpaired) electrons. The summed E-state index contributed by atoms with van der Waals surface area (Å²) in [7, 11) is 0. The summed E-state index contributed by atoms with van der Waals surface area (Å²) in [6.45, 7) is 16.5. The van der Waals surface area contributed by atoms with E-state index in [9.17, 15) is 0 Å². The van der Waals surface area contributed by atoms with Gasteiger partial charge in [0.15, 0.2) is 0 Å². The topological polar surface area (TPSA) is 0 Å². The predicted molar refractivity (Wildman–Crippen MR) is 54.6 cm³/mol. The quantitative estimate of drug-likeness (QED) is 0.459. The highest BCUT2D eigenvalue weighted by Gasteiger charge is 1.36. The van der Waals surface area contributed by atoms with Gasteiger partial charge in [0.05, 0.1) is 0 Å². The second kappa shape index (κ2) is 144. The SMILES string of the molecule is CC.CC.CCC.CCC. The van der Waals surface area contributed by atoms with Crippen LogP contribution in [0.5, 0.6) is 0 Å². The van der Waals surface area contributed by atoms with Gasteiger partial charge in [-0.05, 0) is 0 Å². The summed E-state index contributed by atoms with van der Waals surface area (Å²) in [6, 6.07) is 0. The fourth-order valence-electron chi connectivity index (χ4n) is 0. The molecule has 0 aromatic rings. The Bertz CT molecular complexity index is 2.00. The summed E-state index contributed by atoms with van der Waals surface area (Å²) in [5.41, 5.74) is 0. The van der Waals surface area contributed by atoms with Crippen LogP contribution in [0.4, 0.5) is 0 Å². The molecule has 0 atom stereocenters. The van der Waals surface area contributed by atoms with Crippen LogP contribution in [0, 0.1) is 0 Å². The zero-order chi connectivity index (χ0) is 9.41. The highest BCUT2D eigenvalue weighted by Crippen LogP contribution is 1.56. The highest BCUT2D eigenvalue weighted by molar-refractivity contribution is 3.92. The van der Waals surface area contributed by atoms with Crippen molar-refractivity contribution in [2.45, 2.75) is 68.2 Å². The Balaban J connectivity index is -0.0000000246. The molecule has 0 aliphatic rings. The van der Waals surface area contributed by atoms with Gasteiger partial charge in [-0.1, -0.05) is 68.2 Å². The molecule has 68 valence electrons. The van der Waals surface area contributed by atoms with Crippen LogP contribution < -0.4 is 0 Å². The molecule has 0 aromatic carbocycles. The molecule has 0 heteroatoms. The van der Waals surface area contributed by atoms with Gasteiger partial charge in [-0.3, -0.25) is 0 Å². The summed E-state index contributed by atoms with van der Waals surface area (Å²) < 4.78 is 0. The van der Waals surface area contributed by atoms with Crippen molar-refractivity contribution in [2.75, 3.05) is 0 Å². The average Bonchev–Trinajstić information content (AvgIpc) is 1.99. The lowest BCUT2D eigenvalue weighted by molar-refractivity contribution is 1.09. The van der Waals surface area contributed by atoms with Gasteiger partial charge in [-0.2, -0.15) is 0 Å². The molecule has 0 nitrogen and oxygen atoms in total. The van der Waals surface area contributed by atoms with Crippen molar-refractivity contribution in [3.8, 4) is 0 Å². The second-order valence-electron chi connectivity index (χ2n) is 1.41. The third-order valence-corrected chi connectivity index (χ3v) is 0. The van der Waals surface area contributed by atoms with E-state index < -0.39 is 0 Å². The minimum Gasteiger partial charge on any atom is -0.0683 e. The summed E-state index contributed by atoms with van der Waals surface area (Å²) >= 11 is 0. The molecule has 0 fully saturated rings. The molecule has 0 unspecified atom stereocenters. The first-order chi connectivity index (χ1) is 4.83. The van der Waals surface area contributed by atoms with Crippen LogP contribution in [0.1, 0.15) is 68.2 Å². The molecular formula is C10H28. The molecule has 0 saturated heterocycles. The first kappa shape index (κ1) is 22.5. The van der Waals surface area contributed by atoms with Gasteiger partial charge >= 0.3 is 0 Å². The number of hydrogen-bond donors (Lipinski definition) is 0. The monoisotopic (exact) mass is 148 g/mol. The van der Waals surface area contributed by atoms with E-state index in [1.54, 1.807) is 0 Å². The average molecular weight is 148 g/mol. The smallest absolute Gasteiger partial charge is 0.0590 e. The van der Waals surface area contributed by atoms with Crippen molar-refractivity contribution < 1.29 is 0 Å². The third kappa shape index (κ3) is 0. The zero-order valence-corrected chi connectivity index (χ0v) is 9.41. The highest BCUT2D eigenvalue weighted by atomic mass is 13.4. The zero-order valence-electron chi connectivity index (χ0n) is 9.41. The number of rotatable bonds is 0. The molecule has 0 rings (SSSR count). The van der Waals surface area contributed by atoms with Gasteiger partial charge in [0.2, 0.25) is 0 Å². The predicted octanol–water partition coefficient (Wildman–Crippen LogP) is 4.89. The Hall–Kier alpha value is 0. The molecule has 0 aliphatic heterocycles. The second-order valence-corrected chi connectivity index (χ2v) is 1.41. The normalized spacial score (nSPS) is 4.80. The van der Waals surface area contributed by atoms with E-state index in [1.165, 1.54) is 12.8 Å². The molecule has 10 heavy (non-hydrogen) atoms. The Morgan fingerprint density at radius 2 is 0.500 bits per heavy atom. The molecule has 0 spiro atoms. The van der Waals surface area contributed by atoms with E-state index in [0.717, 1.165) is 0 Å². The van der Waals surface area contributed by atoms with Crippen LogP contribution in [0.3, 0.4) is 0 Å². The first-order valence-corrected chi connectivity index (χ1v) is 4.83. The Morgan fingerprint density at radius 3 is 0.500 bits per heavy atom. The lowest BCUT2D eigenvalue weighted by Gasteiger charge is -1.48. The van der Waals surface area contributed by atoms with Gasteiger partial charge in [0, 0.05) is 0 Å². The standard InChI is InChI=1S/2C3H8.2C2H6/c2*1-3-2;2*1-2/h2*3H2,1-2H3;2*1-2H3. The van der Waals surface area contributed by atoms with Gasteiger partial charge in [0.25, 0.3) is 0 Å².